The van der Waals surface area contributed by atoms with Crippen LogP contribution in [-0.2, 0) is 7.05 Å². The Morgan fingerprint density at radius 1 is 1.04 bits per heavy atom. The van der Waals surface area contributed by atoms with Gasteiger partial charge in [0.2, 0.25) is 0 Å². The predicted molar refractivity (Wildman–Crippen MR) is 93.4 cm³/mol. The van der Waals surface area contributed by atoms with E-state index in [0.29, 0.717) is 5.82 Å². The van der Waals surface area contributed by atoms with E-state index in [4.69, 9.17) is 0 Å². The summed E-state index contributed by atoms with van der Waals surface area (Å²) in [5.74, 6) is 0.534. The van der Waals surface area contributed by atoms with Crippen molar-refractivity contribution < 1.29 is 0 Å². The summed E-state index contributed by atoms with van der Waals surface area (Å²) in [6, 6.07) is 6.22. The Morgan fingerprint density at radius 2 is 1.83 bits per heavy atom. The summed E-state index contributed by atoms with van der Waals surface area (Å²) in [4.78, 5) is 29.2. The van der Waals surface area contributed by atoms with E-state index in [2.05, 4.69) is 36.9 Å². The van der Waals surface area contributed by atoms with E-state index in [0.717, 1.165) is 42.8 Å². The molecule has 1 aromatic carbocycles. The monoisotopic (exact) mass is 322 g/mol. The number of aryl methyl sites for hydroxylation is 1. The highest BCUT2D eigenvalue weighted by molar-refractivity contribution is 5.81. The van der Waals surface area contributed by atoms with Gasteiger partial charge in [-0.05, 0) is 18.2 Å². The highest BCUT2D eigenvalue weighted by Gasteiger charge is 2.20. The molecule has 3 aromatic rings. The lowest BCUT2D eigenvalue weighted by atomic mass is 10.2. The average Bonchev–Trinajstić information content (AvgIpc) is 2.64. The number of benzene rings is 1. The molecule has 0 saturated carbocycles. The minimum atomic E-state index is -0.0474. The first kappa shape index (κ1) is 14.6. The number of hydrogen-bond acceptors (Lipinski definition) is 6. The van der Waals surface area contributed by atoms with E-state index >= 15 is 0 Å². The molecule has 4 rings (SSSR count). The SMILES string of the molecule is Cn1ccnc(N2CCN(c3ccc4ncncc4c3)CC2)c1=O. The van der Waals surface area contributed by atoms with Crippen LogP contribution in [0.25, 0.3) is 10.9 Å². The Hall–Kier alpha value is -2.96. The first-order valence-electron chi connectivity index (χ1n) is 7.94. The van der Waals surface area contributed by atoms with Crippen molar-refractivity contribution >= 4 is 22.4 Å². The molecular formula is C17H18N6O. The van der Waals surface area contributed by atoms with Gasteiger partial charge in [-0.3, -0.25) is 4.79 Å². The highest BCUT2D eigenvalue weighted by Crippen LogP contribution is 2.22. The third kappa shape index (κ3) is 2.58. The zero-order chi connectivity index (χ0) is 16.5. The number of piperazine rings is 1. The number of fused-ring (bicyclic) bond motifs is 1. The number of anilines is 2. The molecule has 0 unspecified atom stereocenters. The van der Waals surface area contributed by atoms with Gasteiger partial charge in [-0.2, -0.15) is 0 Å². The molecule has 24 heavy (non-hydrogen) atoms. The average molecular weight is 322 g/mol. The van der Waals surface area contributed by atoms with Gasteiger partial charge in [0.05, 0.1) is 5.52 Å². The zero-order valence-corrected chi connectivity index (χ0v) is 13.5. The normalized spacial score (nSPS) is 15.0. The fourth-order valence-electron chi connectivity index (χ4n) is 3.05. The molecular weight excluding hydrogens is 304 g/mol. The van der Waals surface area contributed by atoms with E-state index in [1.54, 1.807) is 30.3 Å². The molecule has 1 aliphatic heterocycles. The minimum Gasteiger partial charge on any atom is -0.368 e. The molecule has 7 heteroatoms. The second-order valence-corrected chi connectivity index (χ2v) is 5.91. The number of aromatic nitrogens is 4. The molecule has 1 fully saturated rings. The van der Waals surface area contributed by atoms with Crippen molar-refractivity contribution in [1.82, 2.24) is 19.5 Å². The summed E-state index contributed by atoms with van der Waals surface area (Å²) >= 11 is 0. The van der Waals surface area contributed by atoms with Crippen molar-refractivity contribution in [2.24, 2.45) is 7.05 Å². The quantitative estimate of drug-likeness (QED) is 0.702. The molecule has 122 valence electrons. The van der Waals surface area contributed by atoms with Gasteiger partial charge >= 0.3 is 0 Å². The maximum absolute atomic E-state index is 12.2. The summed E-state index contributed by atoms with van der Waals surface area (Å²) in [6.45, 7) is 3.24. The molecule has 0 radical (unpaired) electrons. The summed E-state index contributed by atoms with van der Waals surface area (Å²) in [7, 11) is 1.75. The second-order valence-electron chi connectivity index (χ2n) is 5.91. The lowest BCUT2D eigenvalue weighted by Gasteiger charge is -2.36. The number of nitrogens with zero attached hydrogens (tertiary/aromatic N) is 6. The topological polar surface area (TPSA) is 67.2 Å². The molecule has 0 bridgehead atoms. The van der Waals surface area contributed by atoms with Crippen LogP contribution in [0.1, 0.15) is 0 Å². The van der Waals surface area contributed by atoms with Crippen molar-refractivity contribution in [3.05, 3.63) is 53.5 Å². The van der Waals surface area contributed by atoms with E-state index < -0.39 is 0 Å². The van der Waals surface area contributed by atoms with Crippen molar-refractivity contribution in [3.63, 3.8) is 0 Å². The second kappa shape index (κ2) is 5.92. The van der Waals surface area contributed by atoms with E-state index in [9.17, 15) is 4.79 Å². The molecule has 7 nitrogen and oxygen atoms in total. The third-order valence-corrected chi connectivity index (χ3v) is 4.43. The van der Waals surface area contributed by atoms with Gasteiger partial charge in [0, 0.05) is 62.9 Å². The summed E-state index contributed by atoms with van der Waals surface area (Å²) in [6.07, 6.45) is 6.75. The van der Waals surface area contributed by atoms with E-state index in [1.165, 1.54) is 0 Å². The Balaban J connectivity index is 1.53. The number of rotatable bonds is 2. The van der Waals surface area contributed by atoms with Gasteiger partial charge in [0.15, 0.2) is 5.82 Å². The van der Waals surface area contributed by atoms with Gasteiger partial charge < -0.3 is 14.4 Å². The Kier molecular flexibility index (Phi) is 3.60. The van der Waals surface area contributed by atoms with Crippen LogP contribution in [0, 0.1) is 0 Å². The standard InChI is InChI=1S/C17H18N6O/c1-21-5-4-19-16(17(21)24)23-8-6-22(7-9-23)14-2-3-15-13(10-14)11-18-12-20-15/h2-5,10-12H,6-9H2,1H3. The van der Waals surface area contributed by atoms with Crippen molar-refractivity contribution in [1.29, 1.82) is 0 Å². The molecule has 0 aliphatic carbocycles. The molecule has 3 heterocycles. The van der Waals surface area contributed by atoms with Gasteiger partial charge in [-0.25, -0.2) is 15.0 Å². The molecule has 2 aromatic heterocycles. The van der Waals surface area contributed by atoms with Crippen LogP contribution in [0.4, 0.5) is 11.5 Å². The smallest absolute Gasteiger partial charge is 0.293 e. The van der Waals surface area contributed by atoms with Crippen LogP contribution in [-0.4, -0.2) is 45.7 Å². The van der Waals surface area contributed by atoms with Crippen LogP contribution in [0.15, 0.2) is 47.9 Å². The Morgan fingerprint density at radius 3 is 2.67 bits per heavy atom. The van der Waals surface area contributed by atoms with Crippen molar-refractivity contribution in [3.8, 4) is 0 Å². The van der Waals surface area contributed by atoms with Crippen LogP contribution in [0.2, 0.25) is 0 Å². The Bertz CT molecular complexity index is 930. The van der Waals surface area contributed by atoms with Crippen LogP contribution >= 0.6 is 0 Å². The Labute approximate surface area is 139 Å². The van der Waals surface area contributed by atoms with Crippen molar-refractivity contribution in [2.45, 2.75) is 0 Å². The zero-order valence-electron chi connectivity index (χ0n) is 13.5. The fourth-order valence-corrected chi connectivity index (χ4v) is 3.05. The molecule has 0 N–H and O–H groups in total. The maximum atomic E-state index is 12.2. The first-order valence-corrected chi connectivity index (χ1v) is 7.94. The van der Waals surface area contributed by atoms with Crippen LogP contribution < -0.4 is 15.4 Å². The summed E-state index contributed by atoms with van der Waals surface area (Å²) < 4.78 is 1.57. The highest BCUT2D eigenvalue weighted by atomic mass is 16.1. The lowest BCUT2D eigenvalue weighted by molar-refractivity contribution is 0.639. The predicted octanol–water partition coefficient (Wildman–Crippen LogP) is 1.05. The van der Waals surface area contributed by atoms with Crippen LogP contribution in [0.5, 0.6) is 0 Å². The minimum absolute atomic E-state index is 0.0474. The van der Waals surface area contributed by atoms with Gasteiger partial charge in [0.25, 0.3) is 5.56 Å². The van der Waals surface area contributed by atoms with Gasteiger partial charge in [-0.1, -0.05) is 0 Å². The maximum Gasteiger partial charge on any atom is 0.293 e. The van der Waals surface area contributed by atoms with Crippen LogP contribution in [0.3, 0.4) is 0 Å². The molecule has 1 saturated heterocycles. The first-order chi connectivity index (χ1) is 11.7. The fraction of sp³-hybridized carbons (Fsp3) is 0.294. The summed E-state index contributed by atoms with van der Waals surface area (Å²) in [5, 5.41) is 1.04. The number of hydrogen-bond donors (Lipinski definition) is 0. The molecule has 0 atom stereocenters. The third-order valence-electron chi connectivity index (χ3n) is 4.43. The van der Waals surface area contributed by atoms with E-state index in [-0.39, 0.29) is 5.56 Å². The van der Waals surface area contributed by atoms with Gasteiger partial charge in [-0.15, -0.1) is 0 Å². The van der Waals surface area contributed by atoms with E-state index in [1.807, 2.05) is 12.3 Å². The summed E-state index contributed by atoms with van der Waals surface area (Å²) in [5.41, 5.74) is 2.06. The molecule has 0 amide bonds. The lowest BCUT2D eigenvalue weighted by Crippen LogP contribution is -2.48. The van der Waals surface area contributed by atoms with Gasteiger partial charge in [0.1, 0.15) is 6.33 Å². The van der Waals surface area contributed by atoms with Crippen molar-refractivity contribution in [2.75, 3.05) is 36.0 Å². The molecule has 0 spiro atoms. The molecule has 1 aliphatic rings. The largest absolute Gasteiger partial charge is 0.368 e.